The van der Waals surface area contributed by atoms with Gasteiger partial charge in [0.25, 0.3) is 5.24 Å². The number of rotatable bonds is 29. The van der Waals surface area contributed by atoms with Crippen LogP contribution in [-0.2, 0) is 81.3 Å². The van der Waals surface area contributed by atoms with E-state index in [0.29, 0.717) is 58.1 Å². The number of ether oxygens (including phenoxy) is 9. The topological polar surface area (TPSA) is 232 Å². The van der Waals surface area contributed by atoms with Gasteiger partial charge < -0.3 is 63.1 Å². The number of carboxylic acids is 1. The summed E-state index contributed by atoms with van der Waals surface area (Å²) in [5, 5.41) is 37.4. The van der Waals surface area contributed by atoms with Crippen LogP contribution in [0.4, 0.5) is 0 Å². The lowest BCUT2D eigenvalue weighted by molar-refractivity contribution is -0.192. The summed E-state index contributed by atoms with van der Waals surface area (Å²) in [6.45, 7) is 7.97. The Balaban J connectivity index is 0.000000159. The van der Waals surface area contributed by atoms with E-state index in [1.54, 1.807) is 0 Å². The molecule has 0 amide bonds. The van der Waals surface area contributed by atoms with Crippen molar-refractivity contribution in [1.29, 1.82) is 0 Å². The zero-order valence-corrected chi connectivity index (χ0v) is 67.2. The van der Waals surface area contributed by atoms with Gasteiger partial charge in [0.2, 0.25) is 0 Å². The van der Waals surface area contributed by atoms with Crippen LogP contribution in [0.3, 0.4) is 0 Å². The molecule has 6 aliphatic carbocycles. The number of aliphatic hydroxyl groups is 3. The molecule has 5 fully saturated rings. The molecule has 0 radical (unpaired) electrons. The Bertz CT molecular complexity index is 3460. The van der Waals surface area contributed by atoms with Crippen molar-refractivity contribution >= 4 is 69.6 Å². The van der Waals surface area contributed by atoms with Crippen molar-refractivity contribution in [2.45, 2.75) is 282 Å². The van der Waals surface area contributed by atoms with E-state index in [2.05, 4.69) is 45.0 Å². The van der Waals surface area contributed by atoms with E-state index in [1.165, 1.54) is 104 Å². The summed E-state index contributed by atoms with van der Waals surface area (Å²) in [4.78, 5) is 46.6. The normalized spacial score (nSPS) is 27.5. The summed E-state index contributed by atoms with van der Waals surface area (Å²) in [5.74, 6) is 5.15. The zero-order chi connectivity index (χ0) is 76.6. The number of hydrogen-bond acceptors (Lipinski definition) is 16. The third-order valence-corrected chi connectivity index (χ3v) is 25.6. The molecule has 10 aliphatic rings. The lowest BCUT2D eigenvalue weighted by atomic mass is 9.73. The minimum absolute atomic E-state index is 0.00531. The number of carboxylic acid groups (broad SMARTS) is 1. The van der Waals surface area contributed by atoms with Crippen molar-refractivity contribution < 1.29 is 82.2 Å². The van der Waals surface area contributed by atoms with Gasteiger partial charge in [0, 0.05) is 25.3 Å². The number of esters is 2. The maximum atomic E-state index is 12.6. The quantitative estimate of drug-likeness (QED) is 0.0225. The second-order valence-corrected chi connectivity index (χ2v) is 33.4. The van der Waals surface area contributed by atoms with E-state index in [4.69, 9.17) is 99.2 Å². The predicted octanol–water partition coefficient (Wildman–Crippen LogP) is 18.4. The minimum Gasteiger partial charge on any atom is -0.482 e. The van der Waals surface area contributed by atoms with Gasteiger partial charge in [-0.05, 0) is 283 Å². The molecule has 21 heteroatoms. The Morgan fingerprint density at radius 1 is 0.546 bits per heavy atom. The average molecular weight is 1580 g/mol. The fraction of sp³-hybridized carbons (Fsp3) is 0.678. The van der Waals surface area contributed by atoms with Crippen molar-refractivity contribution in [3.05, 3.63) is 121 Å². The first kappa shape index (κ1) is 85.7. The Hall–Kier alpha value is -4.76. The van der Waals surface area contributed by atoms with Crippen molar-refractivity contribution in [1.82, 2.24) is 0 Å². The van der Waals surface area contributed by atoms with Crippen LogP contribution in [0.25, 0.3) is 0 Å². The number of unbranched alkanes of at least 4 members (excludes halogenated alkanes) is 6. The number of carbonyl (C=O) groups is 4. The summed E-state index contributed by atoms with van der Waals surface area (Å²) >= 11 is 22.1. The maximum absolute atomic E-state index is 12.6. The predicted molar refractivity (Wildman–Crippen MR) is 420 cm³/mol. The fourth-order valence-corrected chi connectivity index (χ4v) is 20.7. The first-order valence-electron chi connectivity index (χ1n) is 40.9. The summed E-state index contributed by atoms with van der Waals surface area (Å²) in [5.41, 5.74) is 7.86. The van der Waals surface area contributed by atoms with Gasteiger partial charge in [-0.25, -0.2) is 14.4 Å². The zero-order valence-electron chi connectivity index (χ0n) is 64.1. The number of hydrogen-bond donors (Lipinski definition) is 4. The van der Waals surface area contributed by atoms with Gasteiger partial charge in [-0.2, -0.15) is 0 Å². The molecule has 6 bridgehead atoms. The molecule has 14 rings (SSSR count). The Morgan fingerprint density at radius 3 is 1.46 bits per heavy atom. The molecule has 4 N–H and O–H groups in total. The Morgan fingerprint density at radius 2 is 0.991 bits per heavy atom. The van der Waals surface area contributed by atoms with Gasteiger partial charge in [0.05, 0.1) is 40.0 Å². The number of aliphatic hydroxyl groups excluding tert-OH is 3. The molecule has 108 heavy (non-hydrogen) atoms. The van der Waals surface area contributed by atoms with Gasteiger partial charge in [-0.15, -0.1) is 0 Å². The molecular formula is C87H120Cl4O17. The SMILES string of the molecule is CCCCC[C@@H](O)CCC1[C@H]2Cc3cccc4c3C[C@H]2C[C@H]1OC(=O)CO4.CCCCC[C@H](CCC1[C@H](O)C[C@@H]2Cc3c(cccc3OCC(=O)O)C[C@H]12)OC1CCCCO1.CCCCC[C@H](CCC1[C@H]2Cc3cccc4c3C[C@H]2C[C@H]1OC(=O)CO4)OC1CCCCO1.CO.O=C(Cl)c1c(Cl)cc(Cl)cc1Cl. The summed E-state index contributed by atoms with van der Waals surface area (Å²) in [6.07, 6.45) is 34.8. The van der Waals surface area contributed by atoms with Crippen LogP contribution in [0, 0.1) is 53.3 Å². The van der Waals surface area contributed by atoms with Crippen LogP contribution in [0.5, 0.6) is 17.2 Å². The van der Waals surface area contributed by atoms with E-state index in [-0.39, 0.29) is 102 Å². The first-order chi connectivity index (χ1) is 52.4. The highest BCUT2D eigenvalue weighted by molar-refractivity contribution is 6.70. The van der Waals surface area contributed by atoms with Crippen LogP contribution in [0.2, 0.25) is 15.1 Å². The second-order valence-electron chi connectivity index (χ2n) is 31.8. The van der Waals surface area contributed by atoms with Crippen LogP contribution in [0.15, 0.2) is 66.7 Å². The second kappa shape index (κ2) is 43.5. The molecule has 4 aliphatic heterocycles. The summed E-state index contributed by atoms with van der Waals surface area (Å²) < 4.78 is 53.8. The number of aliphatic carboxylic acids is 1. The highest BCUT2D eigenvalue weighted by Gasteiger charge is 2.50. The van der Waals surface area contributed by atoms with Crippen LogP contribution >= 0.6 is 46.4 Å². The van der Waals surface area contributed by atoms with Crippen LogP contribution < -0.4 is 14.2 Å². The lowest BCUT2D eigenvalue weighted by Gasteiger charge is -2.33. The van der Waals surface area contributed by atoms with Gasteiger partial charge in [0.15, 0.2) is 32.4 Å². The van der Waals surface area contributed by atoms with Crippen molar-refractivity contribution in [2.75, 3.05) is 40.1 Å². The summed E-state index contributed by atoms with van der Waals surface area (Å²) in [6, 6.07) is 21.3. The number of benzene rings is 4. The third-order valence-electron chi connectivity index (χ3n) is 24.6. The average Bonchev–Trinajstić information content (AvgIpc) is 1.61. The molecule has 4 heterocycles. The minimum atomic E-state index is -0.961. The third kappa shape index (κ3) is 23.9. The number of halogens is 4. The fourth-order valence-electron chi connectivity index (χ4n) is 19.4. The van der Waals surface area contributed by atoms with Crippen molar-refractivity contribution in [3.63, 3.8) is 0 Å². The van der Waals surface area contributed by atoms with Crippen LogP contribution in [0.1, 0.15) is 238 Å². The summed E-state index contributed by atoms with van der Waals surface area (Å²) in [7, 11) is 1.00. The molecule has 17 atom stereocenters. The molecule has 5 unspecified atom stereocenters. The standard InChI is InChI=1S/C28H42O6.C28H40O5.C23H32O4.C7H2Cl4O.CH4O/c1-2-3-4-9-21(34-28-11-5-6-14-32-28)12-13-22-23-15-19-8-7-10-26(33-18-27(30)31)24(19)16-20(23)17-25(22)29;1-2-3-4-9-21(32-28-11-5-6-14-30-28)12-13-22-23-15-19-8-7-10-25-24(19)16-20(23)17-26(22)33-27(29)18-31-25;1-2-3-4-7-17(24)9-10-18-19-11-15-6-5-8-21-20(15)12-16(19)13-22(18)27-23(25)14-26-21;8-3-1-4(9)6(7(11)12)5(10)2-3;1-2/h7-8,10,20-23,25,28-29H,2-6,9,11-18H2,1H3,(H,30,31);7-8,10,20-23,26,28H,2-6,9,11-18H2,1H3;5-6,8,16-19,22,24H,2-4,7,9-14H2,1H3;1-2H;2H,1H3/t20-,21+,22?,23-,25+,28?;20-,21+,22?,23-,26+,28?;16-,17+,18?,19-,22+;;/m000../s1. The van der Waals surface area contributed by atoms with E-state index in [1.807, 2.05) is 30.3 Å². The monoisotopic (exact) mass is 1580 g/mol. The Kier molecular flexibility index (Phi) is 34.5. The molecule has 4 aromatic carbocycles. The molecule has 0 spiro atoms. The number of carbonyl (C=O) groups excluding carboxylic acids is 3. The lowest BCUT2D eigenvalue weighted by Crippen LogP contribution is -2.31. The highest BCUT2D eigenvalue weighted by atomic mass is 35.5. The molecule has 598 valence electrons. The molecule has 0 aromatic heterocycles. The van der Waals surface area contributed by atoms with E-state index >= 15 is 0 Å². The molecule has 2 saturated heterocycles. The highest BCUT2D eigenvalue weighted by Crippen LogP contribution is 2.53. The van der Waals surface area contributed by atoms with E-state index in [9.17, 15) is 29.4 Å². The number of fused-ring (bicyclic) bond motifs is 4. The van der Waals surface area contributed by atoms with Gasteiger partial charge in [-0.1, -0.05) is 150 Å². The molecule has 4 aromatic rings. The van der Waals surface area contributed by atoms with Gasteiger partial charge >= 0.3 is 17.9 Å². The molecule has 3 saturated carbocycles. The van der Waals surface area contributed by atoms with Gasteiger partial charge in [0.1, 0.15) is 29.5 Å². The van der Waals surface area contributed by atoms with Gasteiger partial charge in [-0.3, -0.25) is 4.79 Å². The molecule has 17 nitrogen and oxygen atoms in total. The Labute approximate surface area is 661 Å². The first-order valence-corrected chi connectivity index (χ1v) is 42.5. The van der Waals surface area contributed by atoms with Crippen molar-refractivity contribution in [2.24, 2.45) is 53.3 Å². The van der Waals surface area contributed by atoms with Crippen molar-refractivity contribution in [3.8, 4) is 17.2 Å². The van der Waals surface area contributed by atoms with E-state index in [0.717, 1.165) is 185 Å². The van der Waals surface area contributed by atoms with E-state index < -0.39 is 11.2 Å². The van der Waals surface area contributed by atoms with Crippen LogP contribution in [-0.4, -0.2) is 133 Å². The maximum Gasteiger partial charge on any atom is 0.344 e. The largest absolute Gasteiger partial charge is 0.482 e. The molecular weight excluding hydrogens is 1460 g/mol. The smallest absolute Gasteiger partial charge is 0.344 e.